The fraction of sp³-hybridized carbons (Fsp3) is 0.190. The van der Waals surface area contributed by atoms with E-state index in [1.54, 1.807) is 6.20 Å². The van der Waals surface area contributed by atoms with Gasteiger partial charge in [0.05, 0.1) is 11.9 Å². The molecule has 1 aliphatic heterocycles. The molecule has 0 fully saturated rings. The van der Waals surface area contributed by atoms with E-state index in [1.807, 2.05) is 11.3 Å². The minimum absolute atomic E-state index is 0.415. The molecular weight excluding hydrogens is 340 g/mol. The van der Waals surface area contributed by atoms with Gasteiger partial charge in [0.1, 0.15) is 6.33 Å². The maximum atomic E-state index is 4.34. The molecule has 0 amide bonds. The lowest BCUT2D eigenvalue weighted by Crippen LogP contribution is -2.30. The van der Waals surface area contributed by atoms with Gasteiger partial charge in [0, 0.05) is 34.1 Å². The summed E-state index contributed by atoms with van der Waals surface area (Å²) in [4.78, 5) is 8.18. The van der Waals surface area contributed by atoms with E-state index < -0.39 is 0 Å². The van der Waals surface area contributed by atoms with Crippen molar-refractivity contribution in [2.75, 3.05) is 13.6 Å². The van der Waals surface area contributed by atoms with Crippen molar-refractivity contribution < 1.29 is 0 Å². The van der Waals surface area contributed by atoms with Crippen molar-refractivity contribution in [1.29, 1.82) is 0 Å². The van der Waals surface area contributed by atoms with E-state index in [4.69, 9.17) is 0 Å². The first-order valence-electron chi connectivity index (χ1n) is 8.71. The minimum atomic E-state index is 0.415. The quantitative estimate of drug-likeness (QED) is 0.535. The second kappa shape index (κ2) is 6.27. The Morgan fingerprint density at radius 1 is 1.08 bits per heavy atom. The number of hydrogen-bond donors (Lipinski definition) is 0. The fourth-order valence-electron chi connectivity index (χ4n) is 3.81. The highest BCUT2D eigenvalue weighted by molar-refractivity contribution is 7.19. The van der Waals surface area contributed by atoms with E-state index in [2.05, 4.69) is 75.7 Å². The van der Waals surface area contributed by atoms with Crippen LogP contribution in [0.2, 0.25) is 0 Å². The smallest absolute Gasteiger partial charge is 0.138 e. The molecule has 0 radical (unpaired) electrons. The summed E-state index contributed by atoms with van der Waals surface area (Å²) < 4.78 is 1.36. The maximum absolute atomic E-state index is 4.34. The van der Waals surface area contributed by atoms with E-state index in [-0.39, 0.29) is 0 Å². The topological polar surface area (TPSA) is 41.9 Å². The van der Waals surface area contributed by atoms with Crippen LogP contribution in [-0.2, 0) is 6.54 Å². The van der Waals surface area contributed by atoms with Gasteiger partial charge in [-0.15, -0.1) is 16.4 Å². The molecule has 0 spiro atoms. The highest BCUT2D eigenvalue weighted by atomic mass is 32.1. The number of benzene rings is 2. The van der Waals surface area contributed by atoms with Crippen molar-refractivity contribution in [3.05, 3.63) is 77.1 Å². The molecule has 1 atom stereocenters. The van der Waals surface area contributed by atoms with Crippen LogP contribution < -0.4 is 0 Å². The average Bonchev–Trinajstić information content (AvgIpc) is 3.11. The molecule has 0 saturated carbocycles. The van der Waals surface area contributed by atoms with Gasteiger partial charge in [0.2, 0.25) is 0 Å². The zero-order valence-corrected chi connectivity index (χ0v) is 15.3. The second-order valence-electron chi connectivity index (χ2n) is 6.84. The molecular formula is C21H18N4S. The molecule has 26 heavy (non-hydrogen) atoms. The van der Waals surface area contributed by atoms with Crippen LogP contribution in [0.5, 0.6) is 0 Å². The molecule has 0 bridgehead atoms. The first-order chi connectivity index (χ1) is 12.8. The third-order valence-electron chi connectivity index (χ3n) is 5.03. The van der Waals surface area contributed by atoms with Crippen LogP contribution in [-0.4, -0.2) is 33.7 Å². The van der Waals surface area contributed by atoms with Gasteiger partial charge in [0.15, 0.2) is 0 Å². The Labute approximate surface area is 156 Å². The van der Waals surface area contributed by atoms with E-state index in [0.717, 1.165) is 24.3 Å². The van der Waals surface area contributed by atoms with E-state index in [9.17, 15) is 0 Å². The van der Waals surface area contributed by atoms with Crippen LogP contribution in [0.25, 0.3) is 21.3 Å². The van der Waals surface area contributed by atoms with Crippen LogP contribution in [0, 0.1) is 0 Å². The number of nitrogens with zero attached hydrogens (tertiary/aromatic N) is 4. The largest absolute Gasteiger partial charge is 0.301 e. The van der Waals surface area contributed by atoms with E-state index in [1.165, 1.54) is 32.4 Å². The number of hydrogen-bond acceptors (Lipinski definition) is 5. The molecule has 2 aromatic carbocycles. The fourth-order valence-corrected chi connectivity index (χ4v) is 4.99. The highest BCUT2D eigenvalue weighted by Gasteiger charge is 2.26. The number of rotatable bonds is 2. The van der Waals surface area contributed by atoms with Crippen molar-refractivity contribution in [3.63, 3.8) is 0 Å². The van der Waals surface area contributed by atoms with Crippen molar-refractivity contribution >= 4 is 21.4 Å². The van der Waals surface area contributed by atoms with Crippen LogP contribution in [0.3, 0.4) is 0 Å². The zero-order chi connectivity index (χ0) is 17.5. The Hall–Kier alpha value is -2.63. The Balaban J connectivity index is 1.59. The first kappa shape index (κ1) is 15.6. The van der Waals surface area contributed by atoms with Crippen LogP contribution in [0.15, 0.2) is 61.1 Å². The molecule has 0 aliphatic carbocycles. The van der Waals surface area contributed by atoms with Crippen molar-refractivity contribution in [3.8, 4) is 11.3 Å². The normalized spacial score (nSPS) is 17.3. The Kier molecular flexibility index (Phi) is 3.76. The third kappa shape index (κ3) is 2.69. The highest BCUT2D eigenvalue weighted by Crippen LogP contribution is 2.39. The number of likely N-dealkylation sites (N-methyl/N-ethyl adjacent to an activating group) is 1. The summed E-state index contributed by atoms with van der Waals surface area (Å²) in [5, 5.41) is 9.07. The van der Waals surface area contributed by atoms with Crippen molar-refractivity contribution in [2.45, 2.75) is 12.5 Å². The van der Waals surface area contributed by atoms with Gasteiger partial charge in [-0.05, 0) is 41.8 Å². The molecule has 5 rings (SSSR count). The number of thiophene rings is 1. The Morgan fingerprint density at radius 2 is 2.00 bits per heavy atom. The van der Waals surface area contributed by atoms with Gasteiger partial charge in [-0.3, -0.25) is 0 Å². The lowest BCUT2D eigenvalue weighted by atomic mass is 9.87. The summed E-state index contributed by atoms with van der Waals surface area (Å²) in [6.07, 6.45) is 3.22. The van der Waals surface area contributed by atoms with Gasteiger partial charge in [0.25, 0.3) is 0 Å². The lowest BCUT2D eigenvalue weighted by molar-refractivity contribution is 0.296. The zero-order valence-electron chi connectivity index (χ0n) is 14.5. The van der Waals surface area contributed by atoms with Crippen LogP contribution in [0.1, 0.15) is 21.9 Å². The molecule has 4 nitrogen and oxygen atoms in total. The monoisotopic (exact) mass is 358 g/mol. The van der Waals surface area contributed by atoms with Crippen LogP contribution >= 0.6 is 11.3 Å². The first-order valence-corrected chi connectivity index (χ1v) is 9.52. The molecule has 5 heteroatoms. The van der Waals surface area contributed by atoms with Gasteiger partial charge in [-0.2, -0.15) is 5.10 Å². The van der Waals surface area contributed by atoms with Gasteiger partial charge < -0.3 is 4.90 Å². The second-order valence-corrected chi connectivity index (χ2v) is 7.95. The summed E-state index contributed by atoms with van der Waals surface area (Å²) in [5.74, 6) is 0.415. The molecule has 2 aromatic heterocycles. The summed E-state index contributed by atoms with van der Waals surface area (Å²) in [6.45, 7) is 2.01. The van der Waals surface area contributed by atoms with E-state index >= 15 is 0 Å². The minimum Gasteiger partial charge on any atom is -0.301 e. The van der Waals surface area contributed by atoms with Gasteiger partial charge in [-0.25, -0.2) is 4.98 Å². The van der Waals surface area contributed by atoms with Gasteiger partial charge >= 0.3 is 0 Å². The average molecular weight is 358 g/mol. The maximum Gasteiger partial charge on any atom is 0.138 e. The lowest BCUT2D eigenvalue weighted by Gasteiger charge is -2.32. The Morgan fingerprint density at radius 3 is 2.85 bits per heavy atom. The molecule has 1 unspecified atom stereocenters. The van der Waals surface area contributed by atoms with Crippen molar-refractivity contribution in [1.82, 2.24) is 20.1 Å². The molecule has 1 aliphatic rings. The van der Waals surface area contributed by atoms with E-state index in [0.29, 0.717) is 5.92 Å². The third-order valence-corrected chi connectivity index (χ3v) is 6.26. The molecule has 128 valence electrons. The number of fused-ring (bicyclic) bond motifs is 2. The summed E-state index contributed by atoms with van der Waals surface area (Å²) in [6, 6.07) is 17.7. The van der Waals surface area contributed by atoms with Crippen LogP contribution in [0.4, 0.5) is 0 Å². The molecule has 0 N–H and O–H groups in total. The SMILES string of the molecule is CN1Cc2cc(-c3cnncn3)ccc2C(c2cc3ccccc3s2)C1. The molecule has 0 saturated heterocycles. The predicted octanol–water partition coefficient (Wildman–Crippen LogP) is 4.33. The molecule has 3 heterocycles. The standard InChI is InChI=1S/C21H18N4S/c1-25-11-16-8-14(19-10-23-24-13-22-19)6-7-17(16)18(12-25)21-9-15-4-2-3-5-20(15)26-21/h2-10,13,18H,11-12H2,1H3. The Bertz CT molecular complexity index is 1040. The summed E-state index contributed by atoms with van der Waals surface area (Å²) >= 11 is 1.91. The van der Waals surface area contributed by atoms with Gasteiger partial charge in [-0.1, -0.05) is 30.3 Å². The summed E-state index contributed by atoms with van der Waals surface area (Å²) in [7, 11) is 2.20. The number of aromatic nitrogens is 3. The van der Waals surface area contributed by atoms with Crippen molar-refractivity contribution in [2.24, 2.45) is 0 Å². The summed E-state index contributed by atoms with van der Waals surface area (Å²) in [5.41, 5.74) is 4.77. The molecule has 4 aromatic rings. The predicted molar refractivity (Wildman–Crippen MR) is 105 cm³/mol.